The first-order valence-corrected chi connectivity index (χ1v) is 8.58. The molecular formula is C19H20F3N3O2. The number of hydrazine groups is 1. The van der Waals surface area contributed by atoms with Gasteiger partial charge in [0.05, 0.1) is 12.2 Å². The second-order valence-corrected chi connectivity index (χ2v) is 6.20. The van der Waals surface area contributed by atoms with Crippen molar-refractivity contribution in [2.24, 2.45) is 0 Å². The molecule has 8 heteroatoms. The normalized spacial score (nSPS) is 19.7. The van der Waals surface area contributed by atoms with E-state index in [2.05, 4.69) is 16.2 Å². The molecule has 0 bridgehead atoms. The van der Waals surface area contributed by atoms with Crippen LogP contribution in [0.15, 0.2) is 48.5 Å². The Labute approximate surface area is 154 Å². The van der Waals surface area contributed by atoms with Gasteiger partial charge in [0.25, 0.3) is 0 Å². The van der Waals surface area contributed by atoms with Crippen LogP contribution in [0.25, 0.3) is 0 Å². The zero-order valence-corrected chi connectivity index (χ0v) is 14.6. The summed E-state index contributed by atoms with van der Waals surface area (Å²) in [4.78, 5) is 12.4. The molecule has 2 aromatic carbocycles. The fourth-order valence-electron chi connectivity index (χ4n) is 2.88. The zero-order valence-electron chi connectivity index (χ0n) is 14.6. The molecule has 0 aromatic heterocycles. The van der Waals surface area contributed by atoms with Gasteiger partial charge in [-0.1, -0.05) is 12.1 Å². The number of halogens is 3. The lowest BCUT2D eigenvalue weighted by Gasteiger charge is -2.12. The molecule has 1 aliphatic heterocycles. The topological polar surface area (TPSA) is 62.4 Å². The molecule has 3 N–H and O–H groups in total. The van der Waals surface area contributed by atoms with Gasteiger partial charge in [0.1, 0.15) is 11.8 Å². The lowest BCUT2D eigenvalue weighted by atomic mass is 10.0. The second-order valence-electron chi connectivity index (χ2n) is 6.20. The van der Waals surface area contributed by atoms with E-state index >= 15 is 0 Å². The Morgan fingerprint density at radius 1 is 1.11 bits per heavy atom. The molecule has 3 rings (SSSR count). The maximum atomic E-state index is 12.6. The first kappa shape index (κ1) is 19.2. The molecule has 2 atom stereocenters. The number of hydrogen-bond donors (Lipinski definition) is 3. The van der Waals surface area contributed by atoms with Crippen molar-refractivity contribution >= 4 is 11.6 Å². The van der Waals surface area contributed by atoms with Crippen molar-refractivity contribution in [1.29, 1.82) is 0 Å². The molecule has 0 saturated carbocycles. The summed E-state index contributed by atoms with van der Waals surface area (Å²) in [6, 6.07) is 11.4. The molecule has 1 aliphatic rings. The van der Waals surface area contributed by atoms with E-state index in [0.29, 0.717) is 18.7 Å². The van der Waals surface area contributed by atoms with Crippen LogP contribution in [0.1, 0.15) is 30.5 Å². The predicted octanol–water partition coefficient (Wildman–Crippen LogP) is 3.65. The Bertz CT molecular complexity index is 776. The Morgan fingerprint density at radius 3 is 2.37 bits per heavy atom. The van der Waals surface area contributed by atoms with Crippen molar-refractivity contribution in [2.45, 2.75) is 31.6 Å². The molecule has 2 aromatic rings. The number of alkyl halides is 3. The molecular weight excluding hydrogens is 359 g/mol. The Hall–Kier alpha value is -2.58. The lowest BCUT2D eigenvalue weighted by Crippen LogP contribution is -2.39. The van der Waals surface area contributed by atoms with Crippen LogP contribution in [0.5, 0.6) is 5.75 Å². The van der Waals surface area contributed by atoms with E-state index in [1.54, 1.807) is 0 Å². The van der Waals surface area contributed by atoms with Crippen LogP contribution in [0.3, 0.4) is 0 Å². The summed E-state index contributed by atoms with van der Waals surface area (Å²) in [5.41, 5.74) is 6.57. The third-order valence-electron chi connectivity index (χ3n) is 4.29. The molecule has 0 spiro atoms. The Balaban J connectivity index is 1.57. The van der Waals surface area contributed by atoms with Crippen LogP contribution < -0.4 is 20.9 Å². The first-order valence-electron chi connectivity index (χ1n) is 8.58. The highest BCUT2D eigenvalue weighted by atomic mass is 19.4. The zero-order chi connectivity index (χ0) is 19.4. The molecule has 27 heavy (non-hydrogen) atoms. The maximum Gasteiger partial charge on any atom is 0.416 e. The molecule has 0 radical (unpaired) electrons. The number of carbonyl (C=O) groups is 1. The average Bonchev–Trinajstić information content (AvgIpc) is 3.13. The number of anilines is 1. The monoisotopic (exact) mass is 379 g/mol. The van der Waals surface area contributed by atoms with E-state index in [9.17, 15) is 18.0 Å². The lowest BCUT2D eigenvalue weighted by molar-refractivity contribution is -0.137. The summed E-state index contributed by atoms with van der Waals surface area (Å²) in [6.45, 7) is 2.50. The highest BCUT2D eigenvalue weighted by molar-refractivity contribution is 5.95. The largest absolute Gasteiger partial charge is 0.494 e. The third kappa shape index (κ3) is 4.78. The average molecular weight is 379 g/mol. The first-order chi connectivity index (χ1) is 12.9. The molecule has 2 unspecified atom stereocenters. The van der Waals surface area contributed by atoms with Crippen LogP contribution in [0, 0.1) is 0 Å². The number of ether oxygens (including phenoxy) is 1. The van der Waals surface area contributed by atoms with E-state index < -0.39 is 17.8 Å². The predicted molar refractivity (Wildman–Crippen MR) is 95.1 cm³/mol. The minimum Gasteiger partial charge on any atom is -0.494 e. The minimum atomic E-state index is -4.40. The molecule has 1 heterocycles. The van der Waals surface area contributed by atoms with Gasteiger partial charge in [0, 0.05) is 11.7 Å². The van der Waals surface area contributed by atoms with Gasteiger partial charge in [-0.25, -0.2) is 10.9 Å². The number of nitrogens with one attached hydrogen (secondary N) is 3. The second kappa shape index (κ2) is 7.98. The molecule has 1 fully saturated rings. The number of carbonyl (C=O) groups excluding carboxylic acids is 1. The molecule has 5 nitrogen and oxygen atoms in total. The highest BCUT2D eigenvalue weighted by Gasteiger charge is 2.31. The summed E-state index contributed by atoms with van der Waals surface area (Å²) < 4.78 is 43.2. The van der Waals surface area contributed by atoms with Crippen LogP contribution in [-0.4, -0.2) is 18.6 Å². The van der Waals surface area contributed by atoms with Crippen LogP contribution in [0.2, 0.25) is 0 Å². The van der Waals surface area contributed by atoms with Gasteiger partial charge in [-0.05, 0) is 55.3 Å². The third-order valence-corrected chi connectivity index (χ3v) is 4.29. The van der Waals surface area contributed by atoms with Crippen molar-refractivity contribution in [3.05, 3.63) is 59.7 Å². The highest BCUT2D eigenvalue weighted by Crippen LogP contribution is 2.30. The van der Waals surface area contributed by atoms with Gasteiger partial charge >= 0.3 is 6.18 Å². The van der Waals surface area contributed by atoms with Crippen LogP contribution >= 0.6 is 0 Å². The minimum absolute atomic E-state index is 0.0518. The summed E-state index contributed by atoms with van der Waals surface area (Å²) >= 11 is 0. The fraction of sp³-hybridized carbons (Fsp3) is 0.316. The van der Waals surface area contributed by atoms with Crippen molar-refractivity contribution in [3.8, 4) is 5.75 Å². The summed E-state index contributed by atoms with van der Waals surface area (Å²) in [5, 5.41) is 2.63. The molecule has 144 valence electrons. The number of hydrogen-bond acceptors (Lipinski definition) is 4. The quantitative estimate of drug-likeness (QED) is 0.742. The van der Waals surface area contributed by atoms with E-state index in [1.165, 1.54) is 12.1 Å². The van der Waals surface area contributed by atoms with E-state index in [0.717, 1.165) is 23.4 Å². The van der Waals surface area contributed by atoms with Crippen molar-refractivity contribution < 1.29 is 22.7 Å². The number of amides is 1. The smallest absolute Gasteiger partial charge is 0.416 e. The van der Waals surface area contributed by atoms with Crippen LogP contribution in [0.4, 0.5) is 18.9 Å². The Morgan fingerprint density at radius 2 is 1.78 bits per heavy atom. The fourth-order valence-corrected chi connectivity index (χ4v) is 2.88. The molecule has 1 saturated heterocycles. The molecule has 0 aliphatic carbocycles. The summed E-state index contributed by atoms with van der Waals surface area (Å²) in [5.74, 6) is 0.472. The van der Waals surface area contributed by atoms with Gasteiger partial charge in [-0.2, -0.15) is 13.2 Å². The van der Waals surface area contributed by atoms with Gasteiger partial charge in [-0.15, -0.1) is 0 Å². The summed E-state index contributed by atoms with van der Waals surface area (Å²) in [6.07, 6.45) is -3.88. The number of rotatable bonds is 5. The van der Waals surface area contributed by atoms with E-state index in [4.69, 9.17) is 4.74 Å². The molecule has 1 amide bonds. The van der Waals surface area contributed by atoms with E-state index in [-0.39, 0.29) is 11.9 Å². The standard InChI is InChI=1S/C19H20F3N3O2/c1-2-27-15-9-3-12(4-10-15)16-11-17(25-24-16)18(26)23-14-7-5-13(6-8-14)19(20,21)22/h3-10,16-17,24-25H,2,11H2,1H3,(H,23,26). The van der Waals surface area contributed by atoms with Gasteiger partial charge in [-0.3, -0.25) is 4.79 Å². The van der Waals surface area contributed by atoms with E-state index in [1.807, 2.05) is 31.2 Å². The van der Waals surface area contributed by atoms with Crippen molar-refractivity contribution in [1.82, 2.24) is 10.9 Å². The maximum absolute atomic E-state index is 12.6. The van der Waals surface area contributed by atoms with Crippen LogP contribution in [-0.2, 0) is 11.0 Å². The van der Waals surface area contributed by atoms with Crippen molar-refractivity contribution in [3.63, 3.8) is 0 Å². The van der Waals surface area contributed by atoms with Gasteiger partial charge < -0.3 is 10.1 Å². The van der Waals surface area contributed by atoms with Gasteiger partial charge in [0.15, 0.2) is 0 Å². The van der Waals surface area contributed by atoms with Gasteiger partial charge in [0.2, 0.25) is 5.91 Å². The summed E-state index contributed by atoms with van der Waals surface area (Å²) in [7, 11) is 0. The Kier molecular flexibility index (Phi) is 5.67. The SMILES string of the molecule is CCOc1ccc(C2CC(C(=O)Nc3ccc(C(F)(F)F)cc3)NN2)cc1. The number of benzene rings is 2. The van der Waals surface area contributed by atoms with Crippen molar-refractivity contribution in [2.75, 3.05) is 11.9 Å².